The Morgan fingerprint density at radius 3 is 2.65 bits per heavy atom. The van der Waals surface area contributed by atoms with Gasteiger partial charge in [0, 0.05) is 18.5 Å². The number of likely N-dealkylation sites (tertiary alicyclic amines) is 1. The fourth-order valence-corrected chi connectivity index (χ4v) is 3.49. The van der Waals surface area contributed by atoms with Gasteiger partial charge in [0.2, 0.25) is 5.91 Å². The van der Waals surface area contributed by atoms with E-state index in [1.165, 1.54) is 12.8 Å². The van der Waals surface area contributed by atoms with Gasteiger partial charge in [-0.2, -0.15) is 0 Å². The third kappa shape index (κ3) is 3.95. The highest BCUT2D eigenvalue weighted by Crippen LogP contribution is 2.31. The topological polar surface area (TPSA) is 58.4 Å². The molecule has 4 nitrogen and oxygen atoms in total. The second-order valence-corrected chi connectivity index (χ2v) is 7.49. The van der Waals surface area contributed by atoms with E-state index in [1.807, 2.05) is 0 Å². The van der Waals surface area contributed by atoms with Gasteiger partial charge < -0.3 is 16.0 Å². The molecule has 1 aliphatic carbocycles. The summed E-state index contributed by atoms with van der Waals surface area (Å²) in [5.41, 5.74) is 6.29. The second-order valence-electron chi connectivity index (χ2n) is 7.49. The van der Waals surface area contributed by atoms with Crippen LogP contribution in [-0.4, -0.2) is 43.5 Å². The second kappa shape index (κ2) is 6.44. The van der Waals surface area contributed by atoms with Gasteiger partial charge in [-0.05, 0) is 63.6 Å². The van der Waals surface area contributed by atoms with E-state index >= 15 is 0 Å². The lowest BCUT2D eigenvalue weighted by molar-refractivity contribution is -0.128. The average molecular weight is 281 g/mol. The lowest BCUT2D eigenvalue weighted by Crippen LogP contribution is -2.47. The van der Waals surface area contributed by atoms with E-state index in [-0.39, 0.29) is 23.3 Å². The molecule has 0 aromatic rings. The van der Waals surface area contributed by atoms with Gasteiger partial charge >= 0.3 is 0 Å². The Morgan fingerprint density at radius 1 is 1.35 bits per heavy atom. The normalized spacial score (nSPS) is 34.7. The minimum Gasteiger partial charge on any atom is -0.355 e. The first kappa shape index (κ1) is 15.8. The van der Waals surface area contributed by atoms with Crippen LogP contribution in [0.3, 0.4) is 0 Å². The number of nitrogens with zero attached hydrogens (tertiary/aromatic N) is 1. The standard InChI is InChI=1S/C16H31N3O/c1-12-4-5-13(17)10-14(12)15(20)18-11-16(2)6-8-19(3)9-7-16/h12-14H,4-11,17H2,1-3H3,(H,18,20). The predicted molar refractivity (Wildman–Crippen MR) is 82.3 cm³/mol. The summed E-state index contributed by atoms with van der Waals surface area (Å²) >= 11 is 0. The monoisotopic (exact) mass is 281 g/mol. The smallest absolute Gasteiger partial charge is 0.223 e. The molecule has 2 fully saturated rings. The van der Waals surface area contributed by atoms with E-state index in [1.54, 1.807) is 0 Å². The molecule has 3 atom stereocenters. The number of nitrogens with two attached hydrogens (primary N) is 1. The molecule has 0 aromatic carbocycles. The van der Waals surface area contributed by atoms with E-state index in [0.717, 1.165) is 38.9 Å². The first-order valence-electron chi connectivity index (χ1n) is 8.11. The largest absolute Gasteiger partial charge is 0.355 e. The molecule has 20 heavy (non-hydrogen) atoms. The maximum atomic E-state index is 12.4. The van der Waals surface area contributed by atoms with Crippen LogP contribution in [0, 0.1) is 17.3 Å². The zero-order chi connectivity index (χ0) is 14.8. The predicted octanol–water partition coefficient (Wildman–Crippen LogP) is 1.60. The number of rotatable bonds is 3. The quantitative estimate of drug-likeness (QED) is 0.826. The third-order valence-corrected chi connectivity index (χ3v) is 5.46. The summed E-state index contributed by atoms with van der Waals surface area (Å²) in [6.45, 7) is 7.58. The van der Waals surface area contributed by atoms with Gasteiger partial charge in [-0.15, -0.1) is 0 Å². The minimum absolute atomic E-state index is 0.119. The number of nitrogens with one attached hydrogen (secondary N) is 1. The Bertz CT molecular complexity index is 337. The number of piperidine rings is 1. The number of carbonyl (C=O) groups excluding carboxylic acids is 1. The zero-order valence-corrected chi connectivity index (χ0v) is 13.3. The van der Waals surface area contributed by atoms with Crippen LogP contribution in [0.25, 0.3) is 0 Å². The van der Waals surface area contributed by atoms with Crippen LogP contribution in [0.5, 0.6) is 0 Å². The van der Waals surface area contributed by atoms with Gasteiger partial charge in [0.1, 0.15) is 0 Å². The van der Waals surface area contributed by atoms with Crippen LogP contribution in [0.1, 0.15) is 46.0 Å². The van der Waals surface area contributed by atoms with Gasteiger partial charge in [-0.3, -0.25) is 4.79 Å². The zero-order valence-electron chi connectivity index (χ0n) is 13.3. The summed E-state index contributed by atoms with van der Waals surface area (Å²) in [7, 11) is 2.17. The summed E-state index contributed by atoms with van der Waals surface area (Å²) < 4.78 is 0. The number of hydrogen-bond donors (Lipinski definition) is 2. The molecule has 3 unspecified atom stereocenters. The molecule has 0 aromatic heterocycles. The van der Waals surface area contributed by atoms with Crippen molar-refractivity contribution in [3.63, 3.8) is 0 Å². The number of amides is 1. The van der Waals surface area contributed by atoms with Crippen LogP contribution >= 0.6 is 0 Å². The van der Waals surface area contributed by atoms with Crippen molar-refractivity contribution in [1.82, 2.24) is 10.2 Å². The van der Waals surface area contributed by atoms with Gasteiger partial charge in [0.05, 0.1) is 0 Å². The fourth-order valence-electron chi connectivity index (χ4n) is 3.49. The summed E-state index contributed by atoms with van der Waals surface area (Å²) in [5.74, 6) is 0.821. The Balaban J connectivity index is 1.82. The fraction of sp³-hybridized carbons (Fsp3) is 0.938. The molecule has 2 aliphatic rings. The van der Waals surface area contributed by atoms with E-state index in [0.29, 0.717) is 5.92 Å². The van der Waals surface area contributed by atoms with Gasteiger partial charge in [-0.1, -0.05) is 13.8 Å². The van der Waals surface area contributed by atoms with Crippen molar-refractivity contribution in [3.05, 3.63) is 0 Å². The Labute approximate surface area is 123 Å². The highest BCUT2D eigenvalue weighted by atomic mass is 16.1. The van der Waals surface area contributed by atoms with Crippen molar-refractivity contribution < 1.29 is 4.79 Å². The van der Waals surface area contributed by atoms with Crippen molar-refractivity contribution in [1.29, 1.82) is 0 Å². The van der Waals surface area contributed by atoms with Crippen molar-refractivity contribution >= 4 is 5.91 Å². The highest BCUT2D eigenvalue weighted by molar-refractivity contribution is 5.79. The van der Waals surface area contributed by atoms with E-state index in [4.69, 9.17) is 5.73 Å². The molecule has 116 valence electrons. The van der Waals surface area contributed by atoms with Crippen LogP contribution in [-0.2, 0) is 4.79 Å². The summed E-state index contributed by atoms with van der Waals surface area (Å²) in [4.78, 5) is 14.8. The van der Waals surface area contributed by atoms with Crippen LogP contribution in [0.4, 0.5) is 0 Å². The van der Waals surface area contributed by atoms with Crippen LogP contribution < -0.4 is 11.1 Å². The molecule has 3 N–H and O–H groups in total. The number of carbonyl (C=O) groups is 1. The Hall–Kier alpha value is -0.610. The van der Waals surface area contributed by atoms with Crippen LogP contribution in [0.2, 0.25) is 0 Å². The van der Waals surface area contributed by atoms with Crippen molar-refractivity contribution in [2.75, 3.05) is 26.7 Å². The molecule has 1 saturated heterocycles. The van der Waals surface area contributed by atoms with E-state index < -0.39 is 0 Å². The maximum absolute atomic E-state index is 12.4. The summed E-state index contributed by atoms with van der Waals surface area (Å²) in [6.07, 6.45) is 5.34. The van der Waals surface area contributed by atoms with Gasteiger partial charge in [0.25, 0.3) is 0 Å². The van der Waals surface area contributed by atoms with E-state index in [9.17, 15) is 4.79 Å². The molecule has 4 heteroatoms. The lowest BCUT2D eigenvalue weighted by Gasteiger charge is -2.39. The Morgan fingerprint density at radius 2 is 2.00 bits per heavy atom. The Kier molecular flexibility index (Phi) is 5.08. The third-order valence-electron chi connectivity index (χ3n) is 5.46. The summed E-state index contributed by atoms with van der Waals surface area (Å²) in [6, 6.07) is 0.209. The molecular weight excluding hydrogens is 250 g/mol. The molecule has 1 aliphatic heterocycles. The highest BCUT2D eigenvalue weighted by Gasteiger charge is 2.33. The molecule has 1 saturated carbocycles. The number of hydrogen-bond acceptors (Lipinski definition) is 3. The van der Waals surface area contributed by atoms with Crippen molar-refractivity contribution in [2.45, 2.75) is 52.0 Å². The first-order valence-corrected chi connectivity index (χ1v) is 8.11. The molecule has 0 spiro atoms. The maximum Gasteiger partial charge on any atom is 0.223 e. The summed E-state index contributed by atoms with van der Waals surface area (Å²) in [5, 5.41) is 3.22. The van der Waals surface area contributed by atoms with Crippen molar-refractivity contribution in [3.8, 4) is 0 Å². The van der Waals surface area contributed by atoms with Gasteiger partial charge in [0.15, 0.2) is 0 Å². The molecule has 0 bridgehead atoms. The van der Waals surface area contributed by atoms with Gasteiger partial charge in [-0.25, -0.2) is 0 Å². The minimum atomic E-state index is 0.119. The molecule has 0 radical (unpaired) electrons. The molecule has 1 amide bonds. The lowest BCUT2D eigenvalue weighted by atomic mass is 9.77. The van der Waals surface area contributed by atoms with Crippen molar-refractivity contribution in [2.24, 2.45) is 23.0 Å². The molecule has 1 heterocycles. The first-order chi connectivity index (χ1) is 9.39. The van der Waals surface area contributed by atoms with E-state index in [2.05, 4.69) is 31.1 Å². The van der Waals surface area contributed by atoms with Crippen LogP contribution in [0.15, 0.2) is 0 Å². The molecular formula is C16H31N3O. The molecule has 2 rings (SSSR count). The average Bonchev–Trinajstić information content (AvgIpc) is 2.43. The SMILES string of the molecule is CC1CCC(N)CC1C(=O)NCC1(C)CCN(C)CC1.